The molecule has 0 atom stereocenters. The van der Waals surface area contributed by atoms with Gasteiger partial charge in [0.05, 0.1) is 16.9 Å². The Bertz CT molecular complexity index is 1060. The zero-order chi connectivity index (χ0) is 17.8. The Hall–Kier alpha value is -2.52. The first-order chi connectivity index (χ1) is 11.8. The summed E-state index contributed by atoms with van der Waals surface area (Å²) in [7, 11) is -3.51. The highest BCUT2D eigenvalue weighted by Gasteiger charge is 2.36. The highest BCUT2D eigenvalue weighted by Crippen LogP contribution is 2.27. The molecule has 1 saturated heterocycles. The minimum absolute atomic E-state index is 0.302. The van der Waals surface area contributed by atoms with Crippen molar-refractivity contribution < 1.29 is 12.8 Å². The van der Waals surface area contributed by atoms with Gasteiger partial charge in [0.25, 0.3) is 0 Å². The van der Waals surface area contributed by atoms with Crippen molar-refractivity contribution in [3.63, 3.8) is 0 Å². The summed E-state index contributed by atoms with van der Waals surface area (Å²) in [4.78, 5) is 6.25. The van der Waals surface area contributed by atoms with Crippen LogP contribution in [0, 0.1) is 12.7 Å². The van der Waals surface area contributed by atoms with E-state index in [1.807, 2.05) is 17.9 Å². The van der Waals surface area contributed by atoms with Gasteiger partial charge in [-0.25, -0.2) is 27.6 Å². The Balaban J connectivity index is 1.67. The van der Waals surface area contributed by atoms with Crippen molar-refractivity contribution in [3.8, 4) is 5.69 Å². The topological polar surface area (TPSA) is 94.1 Å². The van der Waals surface area contributed by atoms with Crippen molar-refractivity contribution >= 4 is 26.7 Å². The minimum Gasteiger partial charge on any atom is -0.354 e. The third-order valence-corrected chi connectivity index (χ3v) is 5.72. The summed E-state index contributed by atoms with van der Waals surface area (Å²) in [6.07, 6.45) is 1.72. The van der Waals surface area contributed by atoms with Gasteiger partial charge in [-0.15, -0.1) is 0 Å². The van der Waals surface area contributed by atoms with Gasteiger partial charge in [-0.1, -0.05) is 0 Å². The van der Waals surface area contributed by atoms with Gasteiger partial charge in [0.2, 0.25) is 10.0 Å². The number of pyridine rings is 1. The molecule has 1 aliphatic rings. The lowest BCUT2D eigenvalue weighted by atomic mass is 10.2. The molecule has 0 bridgehead atoms. The molecular formula is C16H16FN5O2S. The zero-order valence-corrected chi connectivity index (χ0v) is 14.2. The lowest BCUT2D eigenvalue weighted by Crippen LogP contribution is -2.56. The summed E-state index contributed by atoms with van der Waals surface area (Å²) in [5.41, 5.74) is 2.40. The van der Waals surface area contributed by atoms with Gasteiger partial charge < -0.3 is 4.90 Å². The van der Waals surface area contributed by atoms with E-state index in [-0.39, 0.29) is 5.82 Å². The maximum absolute atomic E-state index is 13.1. The smallest absolute Gasteiger partial charge is 0.215 e. The largest absolute Gasteiger partial charge is 0.354 e. The highest BCUT2D eigenvalue weighted by atomic mass is 32.2. The molecule has 0 aliphatic carbocycles. The van der Waals surface area contributed by atoms with E-state index in [4.69, 9.17) is 5.14 Å². The number of halogens is 1. The number of anilines is 1. The van der Waals surface area contributed by atoms with E-state index in [0.717, 1.165) is 22.3 Å². The molecule has 1 aromatic carbocycles. The predicted molar refractivity (Wildman–Crippen MR) is 92.7 cm³/mol. The van der Waals surface area contributed by atoms with Crippen molar-refractivity contribution in [2.45, 2.75) is 12.2 Å². The van der Waals surface area contributed by atoms with Crippen LogP contribution in [0.15, 0.2) is 36.5 Å². The fraction of sp³-hybridized carbons (Fsp3) is 0.250. The maximum Gasteiger partial charge on any atom is 0.215 e. The fourth-order valence-electron chi connectivity index (χ4n) is 2.93. The van der Waals surface area contributed by atoms with Crippen LogP contribution in [-0.4, -0.2) is 41.5 Å². The average Bonchev–Trinajstić information content (AvgIpc) is 2.82. The fourth-order valence-corrected chi connectivity index (χ4v) is 3.71. The van der Waals surface area contributed by atoms with Crippen molar-refractivity contribution in [2.24, 2.45) is 5.14 Å². The number of fused-ring (bicyclic) bond motifs is 1. The molecule has 0 unspecified atom stereocenters. The number of benzene rings is 1. The molecule has 3 aromatic rings. The first kappa shape index (κ1) is 16.0. The maximum atomic E-state index is 13.1. The second-order valence-corrected chi connectivity index (χ2v) is 7.99. The molecular weight excluding hydrogens is 345 g/mol. The third-order valence-electron chi connectivity index (χ3n) is 4.49. The van der Waals surface area contributed by atoms with E-state index in [0.29, 0.717) is 18.9 Å². The molecule has 2 N–H and O–H groups in total. The average molecular weight is 361 g/mol. The van der Waals surface area contributed by atoms with Gasteiger partial charge >= 0.3 is 0 Å². The highest BCUT2D eigenvalue weighted by molar-refractivity contribution is 7.89. The summed E-state index contributed by atoms with van der Waals surface area (Å²) in [6.45, 7) is 2.57. The molecule has 3 heterocycles. The quantitative estimate of drug-likeness (QED) is 0.760. The lowest BCUT2D eigenvalue weighted by Gasteiger charge is -2.38. The van der Waals surface area contributed by atoms with Crippen LogP contribution in [0.4, 0.5) is 10.2 Å². The number of aromatic nitrogens is 3. The van der Waals surface area contributed by atoms with Crippen molar-refractivity contribution in [2.75, 3.05) is 18.0 Å². The van der Waals surface area contributed by atoms with E-state index in [1.54, 1.807) is 23.0 Å². The number of rotatable bonds is 3. The van der Waals surface area contributed by atoms with Crippen molar-refractivity contribution in [1.82, 2.24) is 14.8 Å². The Kier molecular flexibility index (Phi) is 3.51. The van der Waals surface area contributed by atoms with Crippen LogP contribution < -0.4 is 10.0 Å². The third kappa shape index (κ3) is 2.75. The van der Waals surface area contributed by atoms with Crippen LogP contribution in [0.1, 0.15) is 5.69 Å². The summed E-state index contributed by atoms with van der Waals surface area (Å²) in [5, 5.41) is 10.1. The molecule has 130 valence electrons. The standard InChI is InChI=1S/C16H16FN5O2S/c1-10-14-7-19-16(21-8-13(9-21)25(18,23)24)6-15(14)20-22(10)12-4-2-11(17)3-5-12/h2-7,13H,8-9H2,1H3,(H2,18,23,24). The zero-order valence-electron chi connectivity index (χ0n) is 13.4. The van der Waals surface area contributed by atoms with Crippen LogP contribution >= 0.6 is 0 Å². The molecule has 1 aliphatic heterocycles. The van der Waals surface area contributed by atoms with Crippen LogP contribution in [0.25, 0.3) is 16.6 Å². The molecule has 1 fully saturated rings. The molecule has 0 spiro atoms. The number of hydrogen-bond donors (Lipinski definition) is 1. The van der Waals surface area contributed by atoms with Gasteiger partial charge in [0.15, 0.2) is 0 Å². The molecule has 7 nitrogen and oxygen atoms in total. The van der Waals surface area contributed by atoms with Gasteiger partial charge in [0, 0.05) is 30.7 Å². The number of nitrogens with two attached hydrogens (primary N) is 1. The normalized spacial score (nSPS) is 15.6. The molecule has 2 aromatic heterocycles. The second kappa shape index (κ2) is 5.50. The van der Waals surface area contributed by atoms with Crippen molar-refractivity contribution in [3.05, 3.63) is 48.0 Å². The van der Waals surface area contributed by atoms with Crippen LogP contribution in [0.3, 0.4) is 0 Å². The van der Waals surface area contributed by atoms with Gasteiger partial charge in [0.1, 0.15) is 16.9 Å². The molecule has 4 rings (SSSR count). The first-order valence-electron chi connectivity index (χ1n) is 7.71. The number of primary sulfonamides is 1. The minimum atomic E-state index is -3.51. The van der Waals surface area contributed by atoms with Crippen LogP contribution in [0.2, 0.25) is 0 Å². The Morgan fingerprint density at radius 3 is 2.56 bits per heavy atom. The Labute approximate surface area is 143 Å². The van der Waals surface area contributed by atoms with Gasteiger partial charge in [-0.05, 0) is 31.2 Å². The van der Waals surface area contributed by atoms with Gasteiger partial charge in [-0.3, -0.25) is 0 Å². The van der Waals surface area contributed by atoms with E-state index in [2.05, 4.69) is 10.1 Å². The molecule has 0 amide bonds. The van der Waals surface area contributed by atoms with Crippen LogP contribution in [-0.2, 0) is 10.0 Å². The second-order valence-electron chi connectivity index (χ2n) is 6.15. The summed E-state index contributed by atoms with van der Waals surface area (Å²) in [5.74, 6) is 0.361. The monoisotopic (exact) mass is 361 g/mol. The Morgan fingerprint density at radius 1 is 1.24 bits per heavy atom. The van der Waals surface area contributed by atoms with E-state index in [1.165, 1.54) is 12.1 Å². The van der Waals surface area contributed by atoms with Gasteiger partial charge in [-0.2, -0.15) is 5.10 Å². The van der Waals surface area contributed by atoms with E-state index in [9.17, 15) is 12.8 Å². The van der Waals surface area contributed by atoms with Crippen molar-refractivity contribution in [1.29, 1.82) is 0 Å². The number of nitrogens with zero attached hydrogens (tertiary/aromatic N) is 4. The number of hydrogen-bond acceptors (Lipinski definition) is 5. The molecule has 25 heavy (non-hydrogen) atoms. The summed E-state index contributed by atoms with van der Waals surface area (Å²) < 4.78 is 37.5. The summed E-state index contributed by atoms with van der Waals surface area (Å²) >= 11 is 0. The van der Waals surface area contributed by atoms with E-state index >= 15 is 0 Å². The lowest BCUT2D eigenvalue weighted by molar-refractivity contribution is 0.540. The molecule has 9 heteroatoms. The summed E-state index contributed by atoms with van der Waals surface area (Å²) in [6, 6.07) is 7.92. The Morgan fingerprint density at radius 2 is 1.92 bits per heavy atom. The molecule has 0 radical (unpaired) electrons. The first-order valence-corrected chi connectivity index (χ1v) is 9.32. The number of sulfonamides is 1. The molecule has 0 saturated carbocycles. The van der Waals surface area contributed by atoms with Crippen LogP contribution in [0.5, 0.6) is 0 Å². The predicted octanol–water partition coefficient (Wildman–Crippen LogP) is 1.35. The SMILES string of the molecule is Cc1c2cnc(N3CC(S(N)(=O)=O)C3)cc2nn1-c1ccc(F)cc1. The van der Waals surface area contributed by atoms with E-state index < -0.39 is 15.3 Å². The number of aryl methyl sites for hydroxylation is 1.